The minimum absolute atomic E-state index is 0.895. The summed E-state index contributed by atoms with van der Waals surface area (Å²) in [4.78, 5) is 2.36. The van der Waals surface area contributed by atoms with Crippen LogP contribution in [0.2, 0.25) is 0 Å². The molecule has 0 aliphatic carbocycles. The molecule has 13 aromatic carbocycles. The lowest BCUT2D eigenvalue weighted by molar-refractivity contribution is 0.672. The first kappa shape index (κ1) is 42.7. The van der Waals surface area contributed by atoms with E-state index < -0.39 is 0 Å². The number of anilines is 3. The van der Waals surface area contributed by atoms with Crippen molar-refractivity contribution >= 4 is 93.1 Å². The lowest BCUT2D eigenvalue weighted by Gasteiger charge is -2.26. The van der Waals surface area contributed by atoms with Crippen LogP contribution in [-0.2, 0) is 0 Å². The fraction of sp³-hybridized carbons (Fsp3) is 0. The highest BCUT2D eigenvalue weighted by Crippen LogP contribution is 2.42. The summed E-state index contributed by atoms with van der Waals surface area (Å²) in [5, 5.41) is 12.1. The van der Waals surface area contributed by atoms with Gasteiger partial charge in [0.25, 0.3) is 0 Å². The molecule has 2 heterocycles. The number of fused-ring (bicyclic) bond motifs is 11. The number of hydrogen-bond acceptors (Lipinski definition) is 2. The Morgan fingerprint density at radius 2 is 0.760 bits per heavy atom. The maximum absolute atomic E-state index is 6.48. The summed E-state index contributed by atoms with van der Waals surface area (Å²) in [6.45, 7) is 0. The van der Waals surface area contributed by atoms with E-state index in [4.69, 9.17) is 4.42 Å². The highest BCUT2D eigenvalue weighted by molar-refractivity contribution is 6.16. The van der Waals surface area contributed by atoms with E-state index in [1.54, 1.807) is 0 Å². The van der Waals surface area contributed by atoms with Crippen molar-refractivity contribution in [2.45, 2.75) is 0 Å². The molecule has 0 aliphatic heterocycles. The predicted octanol–water partition coefficient (Wildman–Crippen LogP) is 20.3. The van der Waals surface area contributed by atoms with E-state index in [2.05, 4.69) is 289 Å². The van der Waals surface area contributed by atoms with Crippen molar-refractivity contribution < 1.29 is 4.42 Å². The van der Waals surface area contributed by atoms with Gasteiger partial charge in [-0.15, -0.1) is 0 Å². The standard InChI is InChI=1S/C72H46N2O/c1-4-20-61-50(13-1)33-41-66-68-45-53(34-42-71(68)75-72(61)66)49-31-39-58(40-32-49)73(57-37-29-48(30-38-57)52-16-12-18-59(44-52)74-69-25-9-7-23-64(69)65-24-8-10-26-70(65)74)56-35-27-47(28-36-56)51-15-11-17-54(43-51)67-46-55-14-2-3-19-60(55)62-21-5-6-22-63(62)67/h1-46H. The van der Waals surface area contributed by atoms with Crippen LogP contribution in [0.4, 0.5) is 17.1 Å². The maximum atomic E-state index is 6.48. The Kier molecular flexibility index (Phi) is 9.89. The molecule has 0 atom stereocenters. The van der Waals surface area contributed by atoms with Gasteiger partial charge in [-0.25, -0.2) is 0 Å². The molecule has 3 heteroatoms. The van der Waals surface area contributed by atoms with Crippen LogP contribution in [-0.4, -0.2) is 4.57 Å². The van der Waals surface area contributed by atoms with Crippen LogP contribution in [0.5, 0.6) is 0 Å². The molecule has 0 saturated carbocycles. The lowest BCUT2D eigenvalue weighted by atomic mass is 9.92. The summed E-state index contributed by atoms with van der Waals surface area (Å²) in [6.07, 6.45) is 0. The number of nitrogens with zero attached hydrogens (tertiary/aromatic N) is 2. The summed E-state index contributed by atoms with van der Waals surface area (Å²) < 4.78 is 8.86. The highest BCUT2D eigenvalue weighted by atomic mass is 16.3. The van der Waals surface area contributed by atoms with Crippen molar-refractivity contribution in [2.24, 2.45) is 0 Å². The highest BCUT2D eigenvalue weighted by Gasteiger charge is 2.18. The average molecular weight is 955 g/mol. The molecule has 75 heavy (non-hydrogen) atoms. The molecule has 0 spiro atoms. The zero-order chi connectivity index (χ0) is 49.4. The van der Waals surface area contributed by atoms with Crippen molar-refractivity contribution in [3.8, 4) is 50.2 Å². The molecule has 0 fully saturated rings. The zero-order valence-electron chi connectivity index (χ0n) is 40.9. The topological polar surface area (TPSA) is 21.3 Å². The number of furan rings is 1. The first-order chi connectivity index (χ1) is 37.2. The smallest absolute Gasteiger partial charge is 0.143 e. The number of hydrogen-bond donors (Lipinski definition) is 0. The van der Waals surface area contributed by atoms with Gasteiger partial charge in [0.05, 0.1) is 11.0 Å². The molecule has 15 aromatic rings. The Hall–Kier alpha value is -9.96. The quantitative estimate of drug-likeness (QED) is 0.142. The normalized spacial score (nSPS) is 11.7. The Balaban J connectivity index is 0.798. The monoisotopic (exact) mass is 954 g/mol. The molecular formula is C72H46N2O. The fourth-order valence-electron chi connectivity index (χ4n) is 11.7. The Labute approximate surface area is 434 Å². The molecule has 350 valence electrons. The van der Waals surface area contributed by atoms with Gasteiger partial charge in [0.2, 0.25) is 0 Å². The second-order valence-corrected chi connectivity index (χ2v) is 19.6. The molecule has 0 bridgehead atoms. The van der Waals surface area contributed by atoms with Crippen molar-refractivity contribution in [2.75, 3.05) is 4.90 Å². The van der Waals surface area contributed by atoms with Crippen LogP contribution in [0.15, 0.2) is 283 Å². The first-order valence-corrected chi connectivity index (χ1v) is 25.7. The van der Waals surface area contributed by atoms with E-state index in [1.165, 1.54) is 65.4 Å². The van der Waals surface area contributed by atoms with Gasteiger partial charge >= 0.3 is 0 Å². The molecule has 15 rings (SSSR count). The molecule has 0 unspecified atom stereocenters. The summed E-state index contributed by atoms with van der Waals surface area (Å²) in [5.74, 6) is 0. The third kappa shape index (κ3) is 7.20. The van der Waals surface area contributed by atoms with E-state index in [0.29, 0.717) is 0 Å². The van der Waals surface area contributed by atoms with Crippen LogP contribution in [0.25, 0.3) is 126 Å². The molecule has 0 saturated heterocycles. The third-order valence-corrected chi connectivity index (χ3v) is 15.4. The summed E-state index contributed by atoms with van der Waals surface area (Å²) in [7, 11) is 0. The van der Waals surface area contributed by atoms with Crippen LogP contribution in [0.1, 0.15) is 0 Å². The van der Waals surface area contributed by atoms with Crippen LogP contribution >= 0.6 is 0 Å². The Bertz CT molecular complexity index is 4640. The van der Waals surface area contributed by atoms with Crippen LogP contribution in [0, 0.1) is 0 Å². The van der Waals surface area contributed by atoms with E-state index >= 15 is 0 Å². The van der Waals surface area contributed by atoms with E-state index in [-0.39, 0.29) is 0 Å². The van der Waals surface area contributed by atoms with Crippen LogP contribution < -0.4 is 4.90 Å². The van der Waals surface area contributed by atoms with Gasteiger partial charge < -0.3 is 13.9 Å². The summed E-state index contributed by atoms with van der Waals surface area (Å²) in [5.41, 5.74) is 18.0. The van der Waals surface area contributed by atoms with Crippen molar-refractivity contribution in [3.05, 3.63) is 279 Å². The van der Waals surface area contributed by atoms with Crippen molar-refractivity contribution in [1.82, 2.24) is 4.57 Å². The van der Waals surface area contributed by atoms with Gasteiger partial charge in [0.1, 0.15) is 11.2 Å². The summed E-state index contributed by atoms with van der Waals surface area (Å²) in [6, 6.07) is 101. The minimum atomic E-state index is 0.895. The number of para-hydroxylation sites is 2. The second kappa shape index (κ2) is 17.4. The molecule has 0 aliphatic rings. The van der Waals surface area contributed by atoms with Gasteiger partial charge in [0, 0.05) is 49.7 Å². The number of rotatable bonds is 8. The average Bonchev–Trinajstić information content (AvgIpc) is 4.06. The largest absolute Gasteiger partial charge is 0.455 e. The van der Waals surface area contributed by atoms with Crippen molar-refractivity contribution in [1.29, 1.82) is 0 Å². The molecular weight excluding hydrogens is 909 g/mol. The van der Waals surface area contributed by atoms with Gasteiger partial charge in [0.15, 0.2) is 0 Å². The van der Waals surface area contributed by atoms with Crippen LogP contribution in [0.3, 0.4) is 0 Å². The second-order valence-electron chi connectivity index (χ2n) is 19.6. The molecule has 0 amide bonds. The van der Waals surface area contributed by atoms with Gasteiger partial charge in [-0.05, 0) is 162 Å². The predicted molar refractivity (Wildman–Crippen MR) is 317 cm³/mol. The molecule has 3 nitrogen and oxygen atoms in total. The SMILES string of the molecule is c1cc(-c2ccc(N(c3ccc(-c4cccc(-n5c6ccccc6c6ccccc65)c4)cc3)c3ccc(-c4ccc5oc6c7ccccc7ccc6c5c4)cc3)cc2)cc(-c2cc3ccccc3c3ccccc23)c1. The van der Waals surface area contributed by atoms with E-state index in [0.717, 1.165) is 77.9 Å². The number of benzene rings is 13. The van der Waals surface area contributed by atoms with E-state index in [1.807, 2.05) is 0 Å². The Morgan fingerprint density at radius 3 is 1.41 bits per heavy atom. The third-order valence-electron chi connectivity index (χ3n) is 15.4. The van der Waals surface area contributed by atoms with Gasteiger partial charge in [-0.3, -0.25) is 0 Å². The first-order valence-electron chi connectivity index (χ1n) is 25.7. The van der Waals surface area contributed by atoms with Crippen molar-refractivity contribution in [3.63, 3.8) is 0 Å². The molecule has 2 aromatic heterocycles. The van der Waals surface area contributed by atoms with Gasteiger partial charge in [-0.1, -0.05) is 188 Å². The van der Waals surface area contributed by atoms with E-state index in [9.17, 15) is 0 Å². The maximum Gasteiger partial charge on any atom is 0.143 e. The molecule has 0 N–H and O–H groups in total. The number of aromatic nitrogens is 1. The zero-order valence-corrected chi connectivity index (χ0v) is 40.9. The Morgan fingerprint density at radius 1 is 0.267 bits per heavy atom. The lowest BCUT2D eigenvalue weighted by Crippen LogP contribution is -2.09. The summed E-state index contributed by atoms with van der Waals surface area (Å²) >= 11 is 0. The van der Waals surface area contributed by atoms with Gasteiger partial charge in [-0.2, -0.15) is 0 Å². The fourth-order valence-corrected chi connectivity index (χ4v) is 11.7. The molecule has 0 radical (unpaired) electrons. The minimum Gasteiger partial charge on any atom is -0.455 e.